The number of benzene rings is 2. The van der Waals surface area contributed by atoms with E-state index in [1.165, 1.54) is 27.1 Å². The second-order valence-corrected chi connectivity index (χ2v) is 13.6. The van der Waals surface area contributed by atoms with Crippen molar-refractivity contribution >= 4 is 12.2 Å². The Hall–Kier alpha value is -3.62. The molecular weight excluding hydrogens is 666 g/mol. The summed E-state index contributed by atoms with van der Waals surface area (Å²) in [7, 11) is 4.52. The molecule has 2 aromatic carbocycles. The molecule has 1 unspecified atom stereocenters. The van der Waals surface area contributed by atoms with Crippen molar-refractivity contribution in [1.29, 1.82) is 0 Å². The van der Waals surface area contributed by atoms with Crippen LogP contribution in [-0.2, 0) is 14.3 Å². The number of unbranched alkanes of at least 4 members (excludes halogenated alkanes) is 4. The first kappa shape index (κ1) is 41.1. The van der Waals surface area contributed by atoms with Crippen LogP contribution in [0.15, 0.2) is 24.3 Å². The van der Waals surface area contributed by atoms with Crippen LogP contribution in [0.25, 0.3) is 0 Å². The van der Waals surface area contributed by atoms with Crippen molar-refractivity contribution in [2.75, 3.05) is 80.5 Å². The number of hydrogen-bond donors (Lipinski definition) is 6. The number of aromatic hydroxyl groups is 1. The lowest BCUT2D eigenvalue weighted by Gasteiger charge is -2.42. The van der Waals surface area contributed by atoms with Crippen LogP contribution in [0.2, 0.25) is 0 Å². The van der Waals surface area contributed by atoms with Gasteiger partial charge in [0.25, 0.3) is 0 Å². The number of carbonyl (C=O) groups excluding carboxylic acids is 2. The van der Waals surface area contributed by atoms with Crippen LogP contribution in [0.3, 0.4) is 0 Å². The van der Waals surface area contributed by atoms with Gasteiger partial charge < -0.3 is 60.6 Å². The van der Waals surface area contributed by atoms with Gasteiger partial charge in [0.1, 0.15) is 6.29 Å². The van der Waals surface area contributed by atoms with Crippen LogP contribution in [0, 0.1) is 11.8 Å². The number of phenols is 1. The number of hydrogen-bond acceptors (Lipinski definition) is 12. The zero-order chi connectivity index (χ0) is 37.1. The Kier molecular flexibility index (Phi) is 17.8. The van der Waals surface area contributed by atoms with Gasteiger partial charge in [0.05, 0.1) is 26.9 Å². The maximum Gasteiger partial charge on any atom is 0.231 e. The number of rotatable bonds is 26. The van der Waals surface area contributed by atoms with E-state index in [0.717, 1.165) is 102 Å². The topological polar surface area (TPSA) is 175 Å². The molecule has 1 amide bonds. The highest BCUT2D eigenvalue weighted by atomic mass is 16.7. The third kappa shape index (κ3) is 11.4. The first-order chi connectivity index (χ1) is 25.5. The molecule has 4 rings (SSSR count). The molecule has 13 heteroatoms. The fourth-order valence-electron chi connectivity index (χ4n) is 7.23. The van der Waals surface area contributed by atoms with Crippen molar-refractivity contribution in [1.82, 2.24) is 21.3 Å². The zero-order valence-corrected chi connectivity index (χ0v) is 31.3. The highest BCUT2D eigenvalue weighted by molar-refractivity contribution is 5.77. The Bertz CT molecular complexity index is 1370. The average Bonchev–Trinajstić information content (AvgIpc) is 3.62. The summed E-state index contributed by atoms with van der Waals surface area (Å²) in [5, 5.41) is 24.4. The van der Waals surface area contributed by atoms with Gasteiger partial charge in [-0.3, -0.25) is 4.79 Å². The Morgan fingerprint density at radius 1 is 0.808 bits per heavy atom. The minimum atomic E-state index is -0.588. The summed E-state index contributed by atoms with van der Waals surface area (Å²) in [4.78, 5) is 26.4. The average molecular weight is 728 g/mol. The quantitative estimate of drug-likeness (QED) is 0.0613. The number of nitrogens with two attached hydrogens (primary N) is 1. The largest absolute Gasteiger partial charge is 0.502 e. The summed E-state index contributed by atoms with van der Waals surface area (Å²) in [6.07, 6.45) is 9.79. The molecule has 0 bridgehead atoms. The fraction of sp³-hybridized carbons (Fsp3) is 0.641. The lowest BCUT2D eigenvalue weighted by Crippen LogP contribution is -2.44. The number of methoxy groups -OCH3 is 3. The molecule has 290 valence electrons. The van der Waals surface area contributed by atoms with Crippen LogP contribution in [-0.4, -0.2) is 97.8 Å². The molecule has 0 radical (unpaired) electrons. The zero-order valence-electron chi connectivity index (χ0n) is 31.3. The first-order valence-corrected chi connectivity index (χ1v) is 18.9. The maximum atomic E-state index is 13.4. The lowest BCUT2D eigenvalue weighted by atomic mass is 9.64. The van der Waals surface area contributed by atoms with Gasteiger partial charge >= 0.3 is 0 Å². The van der Waals surface area contributed by atoms with Gasteiger partial charge in [-0.2, -0.15) is 0 Å². The van der Waals surface area contributed by atoms with Gasteiger partial charge in [-0.1, -0.05) is 0 Å². The van der Waals surface area contributed by atoms with E-state index in [1.54, 1.807) is 19.2 Å². The Labute approximate surface area is 309 Å². The maximum absolute atomic E-state index is 13.4. The molecule has 7 N–H and O–H groups in total. The number of ether oxygens (including phenoxy) is 5. The van der Waals surface area contributed by atoms with E-state index < -0.39 is 17.9 Å². The summed E-state index contributed by atoms with van der Waals surface area (Å²) in [6.45, 7) is 7.13. The molecule has 13 nitrogen and oxygen atoms in total. The SMILES string of the molecule is COC[C@@H]1[C@H](NC(=O)CCCCNCCCCNCCCCNCCCCN)c2cc3c(cc2C(c2cc(OC)c(O)c(OC)c2)[C@H]1C=O)OCO3. The van der Waals surface area contributed by atoms with Gasteiger partial charge in [-0.15, -0.1) is 0 Å². The number of nitrogens with one attached hydrogen (secondary N) is 4. The van der Waals surface area contributed by atoms with Gasteiger partial charge in [0, 0.05) is 31.3 Å². The summed E-state index contributed by atoms with van der Waals surface area (Å²) in [6, 6.07) is 6.72. The minimum Gasteiger partial charge on any atom is -0.502 e. The van der Waals surface area contributed by atoms with Crippen molar-refractivity contribution in [2.45, 2.75) is 69.7 Å². The second kappa shape index (κ2) is 22.4. The molecule has 1 heterocycles. The monoisotopic (exact) mass is 727 g/mol. The summed E-state index contributed by atoms with van der Waals surface area (Å²) < 4.78 is 28.0. The summed E-state index contributed by atoms with van der Waals surface area (Å²) in [5.41, 5.74) is 7.88. The standard InChI is InChI=1S/C39H61N5O8/c1-48-25-31-30(24-45)37(27-20-34(49-2)39(47)35(21-27)50-3)28-22-32-33(52-26-51-32)23-29(28)38(31)44-36(46)12-4-6-14-41-16-8-10-18-43-19-11-9-17-42-15-7-5-13-40/h20-24,30-31,37-38,41-43,47H,4-19,25-26,40H2,1-3H3,(H,44,46)/t30-,31-,37?,38+/m0/s1. The molecule has 0 fully saturated rings. The van der Waals surface area contributed by atoms with Crippen molar-refractivity contribution in [2.24, 2.45) is 17.6 Å². The summed E-state index contributed by atoms with van der Waals surface area (Å²) >= 11 is 0. The van der Waals surface area contributed by atoms with E-state index in [2.05, 4.69) is 21.3 Å². The van der Waals surface area contributed by atoms with Crippen LogP contribution < -0.4 is 45.9 Å². The van der Waals surface area contributed by atoms with E-state index in [1.807, 2.05) is 12.1 Å². The van der Waals surface area contributed by atoms with Gasteiger partial charge in [-0.05, 0) is 138 Å². The normalized spacial score (nSPS) is 18.9. The van der Waals surface area contributed by atoms with E-state index in [4.69, 9.17) is 29.4 Å². The Morgan fingerprint density at radius 2 is 1.33 bits per heavy atom. The van der Waals surface area contributed by atoms with Crippen LogP contribution in [0.5, 0.6) is 28.7 Å². The lowest BCUT2D eigenvalue weighted by molar-refractivity contribution is -0.124. The van der Waals surface area contributed by atoms with Crippen molar-refractivity contribution < 1.29 is 38.4 Å². The first-order valence-electron chi connectivity index (χ1n) is 18.9. The molecule has 2 aromatic rings. The molecule has 0 saturated heterocycles. The fourth-order valence-corrected chi connectivity index (χ4v) is 7.23. The van der Waals surface area contributed by atoms with E-state index in [-0.39, 0.29) is 42.5 Å². The molecule has 1 aliphatic carbocycles. The highest BCUT2D eigenvalue weighted by Gasteiger charge is 2.45. The van der Waals surface area contributed by atoms with E-state index >= 15 is 0 Å². The minimum absolute atomic E-state index is 0.0825. The van der Waals surface area contributed by atoms with Gasteiger partial charge in [-0.25, -0.2) is 0 Å². The third-order valence-corrected chi connectivity index (χ3v) is 9.98. The van der Waals surface area contributed by atoms with Gasteiger partial charge in [0.2, 0.25) is 18.4 Å². The molecule has 52 heavy (non-hydrogen) atoms. The molecule has 4 atom stereocenters. The number of phenolic OH excluding ortho intramolecular Hbond substituents is 1. The number of aldehydes is 1. The van der Waals surface area contributed by atoms with Crippen LogP contribution in [0.4, 0.5) is 0 Å². The Balaban J connectivity index is 1.28. The van der Waals surface area contributed by atoms with Gasteiger partial charge in [0.15, 0.2) is 23.0 Å². The smallest absolute Gasteiger partial charge is 0.231 e. The molecule has 0 aromatic heterocycles. The molecule has 1 aliphatic heterocycles. The molecule has 0 spiro atoms. The predicted molar refractivity (Wildman–Crippen MR) is 201 cm³/mol. The number of amides is 1. The third-order valence-electron chi connectivity index (χ3n) is 9.98. The van der Waals surface area contributed by atoms with Crippen molar-refractivity contribution in [3.8, 4) is 28.7 Å². The molecule has 2 aliphatic rings. The van der Waals surface area contributed by atoms with Crippen LogP contribution >= 0.6 is 0 Å². The second-order valence-electron chi connectivity index (χ2n) is 13.6. The van der Waals surface area contributed by atoms with Crippen molar-refractivity contribution in [3.63, 3.8) is 0 Å². The van der Waals surface area contributed by atoms with E-state index in [9.17, 15) is 14.7 Å². The predicted octanol–water partition coefficient (Wildman–Crippen LogP) is 3.76. The molecule has 0 saturated carbocycles. The van der Waals surface area contributed by atoms with E-state index in [0.29, 0.717) is 23.5 Å². The number of fused-ring (bicyclic) bond motifs is 2. The molecular formula is C39H61N5O8. The van der Waals surface area contributed by atoms with Crippen LogP contribution in [0.1, 0.15) is 86.4 Å². The summed E-state index contributed by atoms with van der Waals surface area (Å²) in [5.74, 6) is -0.0476. The van der Waals surface area contributed by atoms with Crippen molar-refractivity contribution in [3.05, 3.63) is 41.0 Å². The number of carbonyl (C=O) groups is 2. The Morgan fingerprint density at radius 3 is 1.83 bits per heavy atom. The highest BCUT2D eigenvalue weighted by Crippen LogP contribution is 2.53.